The Labute approximate surface area is 182 Å². The molecule has 0 aliphatic carbocycles. The van der Waals surface area contributed by atoms with E-state index in [0.717, 1.165) is 0 Å². The topological polar surface area (TPSA) is 96.0 Å². The molecule has 1 heterocycles. The van der Waals surface area contributed by atoms with Crippen LogP contribution in [-0.2, 0) is 25.3 Å². The van der Waals surface area contributed by atoms with E-state index in [0.29, 0.717) is 23.4 Å². The van der Waals surface area contributed by atoms with Crippen LogP contribution in [0.25, 0.3) is 0 Å². The molecule has 0 saturated heterocycles. The second-order valence-electron chi connectivity index (χ2n) is 7.29. The molecule has 1 aliphatic rings. The maximum atomic E-state index is 13.2. The van der Waals surface area contributed by atoms with E-state index in [1.807, 2.05) is 6.07 Å². The Hall–Kier alpha value is -2.91. The highest BCUT2D eigenvalue weighted by molar-refractivity contribution is 7.88. The molecule has 2 aromatic carbocycles. The number of hydrogen-bond acceptors (Lipinski definition) is 5. The van der Waals surface area contributed by atoms with Gasteiger partial charge in [-0.15, -0.1) is 0 Å². The molecule has 0 radical (unpaired) electrons. The molecule has 0 fully saturated rings. The van der Waals surface area contributed by atoms with Gasteiger partial charge in [0.1, 0.15) is 6.10 Å². The van der Waals surface area contributed by atoms with Crippen LogP contribution in [0.15, 0.2) is 54.6 Å². The van der Waals surface area contributed by atoms with E-state index >= 15 is 0 Å². The Kier molecular flexibility index (Phi) is 7.29. The number of benzene rings is 2. The molecular weight excluding hydrogens is 418 g/mol. The number of carbonyl (C=O) groups excluding carboxylic acids is 2. The van der Waals surface area contributed by atoms with Crippen molar-refractivity contribution in [2.24, 2.45) is 0 Å². The van der Waals surface area contributed by atoms with Crippen molar-refractivity contribution < 1.29 is 22.7 Å². The zero-order valence-corrected chi connectivity index (χ0v) is 18.5. The summed E-state index contributed by atoms with van der Waals surface area (Å²) in [5.74, 6) is -0.418. The molecule has 2 amide bonds. The minimum Gasteiger partial charge on any atom is -0.440 e. The lowest BCUT2D eigenvalue weighted by Crippen LogP contribution is -2.39. The van der Waals surface area contributed by atoms with Gasteiger partial charge in [0.2, 0.25) is 15.9 Å². The number of nitrogens with one attached hydrogen (secondary N) is 1. The van der Waals surface area contributed by atoms with Crippen LogP contribution in [0.2, 0.25) is 0 Å². The van der Waals surface area contributed by atoms with Gasteiger partial charge in [0, 0.05) is 32.1 Å². The van der Waals surface area contributed by atoms with Crippen LogP contribution in [-0.4, -0.2) is 51.4 Å². The van der Waals surface area contributed by atoms with Crippen LogP contribution in [0.4, 0.5) is 10.5 Å². The first-order valence-corrected chi connectivity index (χ1v) is 11.7. The average Bonchev–Trinajstić information content (AvgIpc) is 2.79. The van der Waals surface area contributed by atoms with Gasteiger partial charge in [-0.1, -0.05) is 48.5 Å². The molecule has 1 N–H and O–H groups in total. The second-order valence-corrected chi connectivity index (χ2v) is 9.25. The Bertz CT molecular complexity index is 1030. The van der Waals surface area contributed by atoms with Crippen molar-refractivity contribution in [2.75, 3.05) is 31.6 Å². The smallest absolute Gasteiger partial charge is 0.407 e. The number of anilines is 1. The lowest BCUT2D eigenvalue weighted by atomic mass is 10.1. The first kappa shape index (κ1) is 22.8. The minimum atomic E-state index is -3.77. The lowest BCUT2D eigenvalue weighted by molar-refractivity contribution is -0.118. The molecule has 0 aromatic heterocycles. The molecular formula is C22H27N3O5S. The molecule has 1 unspecified atom stereocenters. The zero-order valence-electron chi connectivity index (χ0n) is 17.7. The third-order valence-corrected chi connectivity index (χ3v) is 6.94. The number of carbonyl (C=O) groups is 2. The van der Waals surface area contributed by atoms with Crippen molar-refractivity contribution in [3.8, 4) is 0 Å². The largest absolute Gasteiger partial charge is 0.440 e. The number of rotatable bonds is 5. The summed E-state index contributed by atoms with van der Waals surface area (Å²) in [6.45, 7) is 2.06. The Balaban J connectivity index is 1.99. The number of hydrogen-bond donors (Lipinski definition) is 1. The molecule has 31 heavy (non-hydrogen) atoms. The van der Waals surface area contributed by atoms with Gasteiger partial charge < -0.3 is 15.0 Å². The number of fused-ring (bicyclic) bond motifs is 1. The first-order chi connectivity index (χ1) is 14.8. The standard InChI is InChI=1S/C22H27N3O5S/c1-3-23-22(27)30-20-15-25(31(28,29)16-17-9-5-4-6-10-17)14-13-21(26)24(2)19-12-8-7-11-18(19)20/h4-12,20H,3,13-16H2,1-2H3,(H,23,27). The van der Waals surface area contributed by atoms with Crippen LogP contribution in [0.3, 0.4) is 0 Å². The summed E-state index contributed by atoms with van der Waals surface area (Å²) < 4.78 is 33.3. The van der Waals surface area contributed by atoms with Crippen molar-refractivity contribution in [3.63, 3.8) is 0 Å². The van der Waals surface area contributed by atoms with Gasteiger partial charge in [-0.25, -0.2) is 13.2 Å². The van der Waals surface area contributed by atoms with Gasteiger partial charge >= 0.3 is 6.09 Å². The predicted octanol–water partition coefficient (Wildman–Crippen LogP) is 2.67. The number of ether oxygens (including phenoxy) is 1. The molecule has 9 heteroatoms. The van der Waals surface area contributed by atoms with E-state index in [-0.39, 0.29) is 31.2 Å². The summed E-state index contributed by atoms with van der Waals surface area (Å²) in [4.78, 5) is 26.4. The Morgan fingerprint density at radius 1 is 1.13 bits per heavy atom. The molecule has 1 aliphatic heterocycles. The van der Waals surface area contributed by atoms with Crippen LogP contribution < -0.4 is 10.2 Å². The number of nitrogens with zero attached hydrogens (tertiary/aromatic N) is 2. The van der Waals surface area contributed by atoms with E-state index in [9.17, 15) is 18.0 Å². The number of sulfonamides is 1. The molecule has 0 spiro atoms. The van der Waals surface area contributed by atoms with Gasteiger partial charge in [-0.3, -0.25) is 4.79 Å². The lowest BCUT2D eigenvalue weighted by Gasteiger charge is -2.27. The second kappa shape index (κ2) is 9.93. The van der Waals surface area contributed by atoms with E-state index in [1.54, 1.807) is 62.5 Å². The quantitative estimate of drug-likeness (QED) is 0.763. The van der Waals surface area contributed by atoms with Gasteiger partial charge in [0.05, 0.1) is 18.0 Å². The highest BCUT2D eigenvalue weighted by Gasteiger charge is 2.33. The Morgan fingerprint density at radius 3 is 2.52 bits per heavy atom. The van der Waals surface area contributed by atoms with Crippen LogP contribution in [0.5, 0.6) is 0 Å². The third kappa shape index (κ3) is 5.62. The monoisotopic (exact) mass is 445 g/mol. The normalized spacial score (nSPS) is 17.8. The average molecular weight is 446 g/mol. The highest BCUT2D eigenvalue weighted by atomic mass is 32.2. The van der Waals surface area contributed by atoms with Crippen LogP contribution >= 0.6 is 0 Å². The highest BCUT2D eigenvalue weighted by Crippen LogP contribution is 2.32. The summed E-state index contributed by atoms with van der Waals surface area (Å²) in [7, 11) is -2.13. The number of amides is 2. The van der Waals surface area contributed by atoms with Crippen molar-refractivity contribution in [1.29, 1.82) is 0 Å². The maximum absolute atomic E-state index is 13.2. The van der Waals surface area contributed by atoms with Gasteiger partial charge in [0.15, 0.2) is 0 Å². The number of para-hydroxylation sites is 1. The fourth-order valence-electron chi connectivity index (χ4n) is 3.51. The summed E-state index contributed by atoms with van der Waals surface area (Å²) in [6, 6.07) is 15.9. The summed E-state index contributed by atoms with van der Waals surface area (Å²) in [6.07, 6.45) is -1.50. The molecule has 1 atom stereocenters. The van der Waals surface area contributed by atoms with Crippen molar-refractivity contribution in [3.05, 3.63) is 65.7 Å². The fraction of sp³-hybridized carbons (Fsp3) is 0.364. The van der Waals surface area contributed by atoms with E-state index in [1.165, 1.54) is 9.21 Å². The molecule has 0 saturated carbocycles. The van der Waals surface area contributed by atoms with E-state index < -0.39 is 22.2 Å². The van der Waals surface area contributed by atoms with Gasteiger partial charge in [0.25, 0.3) is 0 Å². The fourth-order valence-corrected chi connectivity index (χ4v) is 5.04. The van der Waals surface area contributed by atoms with Crippen LogP contribution in [0.1, 0.15) is 30.6 Å². The summed E-state index contributed by atoms with van der Waals surface area (Å²) in [5.41, 5.74) is 1.81. The van der Waals surface area contributed by atoms with Gasteiger partial charge in [-0.2, -0.15) is 4.31 Å². The summed E-state index contributed by atoms with van der Waals surface area (Å²) in [5, 5.41) is 2.58. The zero-order chi connectivity index (χ0) is 22.4. The van der Waals surface area contributed by atoms with E-state index in [4.69, 9.17) is 4.74 Å². The van der Waals surface area contributed by atoms with Crippen molar-refractivity contribution in [1.82, 2.24) is 9.62 Å². The predicted molar refractivity (Wildman–Crippen MR) is 118 cm³/mol. The van der Waals surface area contributed by atoms with E-state index in [2.05, 4.69) is 5.32 Å². The molecule has 166 valence electrons. The first-order valence-electron chi connectivity index (χ1n) is 10.1. The van der Waals surface area contributed by atoms with Crippen molar-refractivity contribution in [2.45, 2.75) is 25.2 Å². The summed E-state index contributed by atoms with van der Waals surface area (Å²) >= 11 is 0. The molecule has 8 nitrogen and oxygen atoms in total. The number of alkyl carbamates (subject to hydrolysis) is 1. The molecule has 2 aromatic rings. The minimum absolute atomic E-state index is 0.00157. The van der Waals surface area contributed by atoms with Crippen molar-refractivity contribution >= 4 is 27.7 Å². The molecule has 3 rings (SSSR count). The maximum Gasteiger partial charge on any atom is 0.407 e. The Morgan fingerprint density at radius 2 is 1.81 bits per heavy atom. The third-order valence-electron chi connectivity index (χ3n) is 5.12. The molecule has 0 bridgehead atoms. The SMILES string of the molecule is CCNC(=O)OC1CN(S(=O)(=O)Cc2ccccc2)CCC(=O)N(C)c2ccccc21. The van der Waals surface area contributed by atoms with Crippen LogP contribution in [0, 0.1) is 0 Å². The van der Waals surface area contributed by atoms with Gasteiger partial charge in [-0.05, 0) is 18.6 Å².